The lowest BCUT2D eigenvalue weighted by atomic mass is 10.1. The molecule has 0 spiro atoms. The molecule has 2 heterocycles. The van der Waals surface area contributed by atoms with Crippen LogP contribution in [0.1, 0.15) is 40.7 Å². The van der Waals surface area contributed by atoms with Crippen LogP contribution in [0.5, 0.6) is 0 Å². The van der Waals surface area contributed by atoms with E-state index in [4.69, 9.17) is 0 Å². The molecule has 2 aromatic carbocycles. The predicted molar refractivity (Wildman–Crippen MR) is 124 cm³/mol. The van der Waals surface area contributed by atoms with Gasteiger partial charge in [0.2, 0.25) is 10.0 Å². The van der Waals surface area contributed by atoms with E-state index in [9.17, 15) is 13.2 Å². The Morgan fingerprint density at radius 3 is 2.41 bits per heavy atom. The fourth-order valence-electron chi connectivity index (χ4n) is 3.89. The Hall–Kier alpha value is -3.03. The van der Waals surface area contributed by atoms with Crippen LogP contribution in [-0.4, -0.2) is 36.3 Å². The van der Waals surface area contributed by atoms with Crippen molar-refractivity contribution in [3.05, 3.63) is 95.1 Å². The SMILES string of the molecule is Cc1ccc(S(=O)(=O)N2CCCCC2)cc1C(=O)N=c1ccccn1Cc1ccccc1. The van der Waals surface area contributed by atoms with Crippen LogP contribution in [0.4, 0.5) is 0 Å². The molecular weight excluding hydrogens is 422 g/mol. The number of rotatable bonds is 5. The van der Waals surface area contributed by atoms with Crippen molar-refractivity contribution in [3.63, 3.8) is 0 Å². The number of benzene rings is 2. The fraction of sp³-hybridized carbons (Fsp3) is 0.280. The van der Waals surface area contributed by atoms with Crippen LogP contribution in [0, 0.1) is 6.92 Å². The fourth-order valence-corrected chi connectivity index (χ4v) is 5.44. The second-order valence-corrected chi connectivity index (χ2v) is 9.97. The van der Waals surface area contributed by atoms with Gasteiger partial charge in [-0.1, -0.05) is 48.9 Å². The van der Waals surface area contributed by atoms with Crippen molar-refractivity contribution < 1.29 is 13.2 Å². The highest BCUT2D eigenvalue weighted by molar-refractivity contribution is 7.89. The minimum absolute atomic E-state index is 0.147. The van der Waals surface area contributed by atoms with Gasteiger partial charge in [0.1, 0.15) is 5.49 Å². The number of nitrogens with zero attached hydrogens (tertiary/aromatic N) is 3. The van der Waals surface area contributed by atoms with Crippen molar-refractivity contribution in [1.29, 1.82) is 0 Å². The Bertz CT molecular complexity index is 1280. The van der Waals surface area contributed by atoms with Crippen molar-refractivity contribution in [2.75, 3.05) is 13.1 Å². The maximum atomic E-state index is 13.1. The van der Waals surface area contributed by atoms with Crippen LogP contribution in [0.25, 0.3) is 0 Å². The molecule has 0 bridgehead atoms. The first-order chi connectivity index (χ1) is 15.4. The summed E-state index contributed by atoms with van der Waals surface area (Å²) in [6.07, 6.45) is 4.65. The summed E-state index contributed by atoms with van der Waals surface area (Å²) >= 11 is 0. The van der Waals surface area contributed by atoms with Crippen molar-refractivity contribution in [2.45, 2.75) is 37.6 Å². The number of aromatic nitrogens is 1. The van der Waals surface area contributed by atoms with Gasteiger partial charge >= 0.3 is 0 Å². The molecule has 1 amide bonds. The van der Waals surface area contributed by atoms with Crippen molar-refractivity contribution in [1.82, 2.24) is 8.87 Å². The number of hydrogen-bond acceptors (Lipinski definition) is 3. The second kappa shape index (κ2) is 9.63. The lowest BCUT2D eigenvalue weighted by molar-refractivity contribution is 0.0996. The zero-order valence-electron chi connectivity index (χ0n) is 18.1. The largest absolute Gasteiger partial charge is 0.328 e. The van der Waals surface area contributed by atoms with Gasteiger partial charge in [-0.05, 0) is 55.2 Å². The summed E-state index contributed by atoms with van der Waals surface area (Å²) in [6, 6.07) is 20.2. The highest BCUT2D eigenvalue weighted by atomic mass is 32.2. The molecule has 1 saturated heterocycles. The number of pyridine rings is 1. The summed E-state index contributed by atoms with van der Waals surface area (Å²) < 4.78 is 29.5. The topological polar surface area (TPSA) is 71.7 Å². The minimum atomic E-state index is -3.62. The number of carbonyl (C=O) groups is 1. The van der Waals surface area contributed by atoms with E-state index >= 15 is 0 Å². The molecule has 0 radical (unpaired) electrons. The number of piperidine rings is 1. The monoisotopic (exact) mass is 449 g/mol. The molecule has 166 valence electrons. The smallest absolute Gasteiger partial charge is 0.279 e. The number of aryl methyl sites for hydroxylation is 1. The third-order valence-electron chi connectivity index (χ3n) is 5.72. The zero-order valence-corrected chi connectivity index (χ0v) is 19.0. The van der Waals surface area contributed by atoms with Crippen molar-refractivity contribution in [2.24, 2.45) is 4.99 Å². The van der Waals surface area contributed by atoms with Gasteiger partial charge in [0.05, 0.1) is 4.90 Å². The van der Waals surface area contributed by atoms with Gasteiger partial charge < -0.3 is 4.57 Å². The minimum Gasteiger partial charge on any atom is -0.328 e. The van der Waals surface area contributed by atoms with E-state index in [1.807, 2.05) is 53.2 Å². The maximum Gasteiger partial charge on any atom is 0.279 e. The van der Waals surface area contributed by atoms with Crippen LogP contribution >= 0.6 is 0 Å². The van der Waals surface area contributed by atoms with Crippen LogP contribution < -0.4 is 5.49 Å². The molecule has 0 N–H and O–H groups in total. The highest BCUT2D eigenvalue weighted by Gasteiger charge is 2.27. The van der Waals surface area contributed by atoms with Crippen LogP contribution in [0.2, 0.25) is 0 Å². The normalized spacial score (nSPS) is 15.6. The number of amides is 1. The molecule has 6 nitrogen and oxygen atoms in total. The molecule has 0 aliphatic carbocycles. The van der Waals surface area contributed by atoms with Gasteiger partial charge in [0, 0.05) is 31.4 Å². The lowest BCUT2D eigenvalue weighted by Gasteiger charge is -2.26. The van der Waals surface area contributed by atoms with Gasteiger partial charge in [0.15, 0.2) is 0 Å². The predicted octanol–water partition coefficient (Wildman–Crippen LogP) is 3.76. The van der Waals surface area contributed by atoms with Gasteiger partial charge in [0.25, 0.3) is 5.91 Å². The summed E-state index contributed by atoms with van der Waals surface area (Å²) in [5, 5.41) is 0. The van der Waals surface area contributed by atoms with E-state index in [-0.39, 0.29) is 4.90 Å². The Labute approximate surface area is 188 Å². The number of carbonyl (C=O) groups excluding carboxylic acids is 1. The first kappa shape index (κ1) is 22.2. The van der Waals surface area contributed by atoms with Crippen LogP contribution in [0.15, 0.2) is 82.8 Å². The summed E-state index contributed by atoms with van der Waals surface area (Å²) in [5.74, 6) is -0.453. The van der Waals surface area contributed by atoms with Gasteiger partial charge in [-0.3, -0.25) is 4.79 Å². The Balaban J connectivity index is 1.67. The van der Waals surface area contributed by atoms with Crippen LogP contribution in [-0.2, 0) is 16.6 Å². The number of sulfonamides is 1. The average molecular weight is 450 g/mol. The van der Waals surface area contributed by atoms with E-state index in [1.54, 1.807) is 25.1 Å². The molecule has 1 fully saturated rings. The molecule has 1 aromatic heterocycles. The molecule has 1 aliphatic rings. The van der Waals surface area contributed by atoms with Gasteiger partial charge in [-0.15, -0.1) is 0 Å². The molecule has 4 rings (SSSR count). The molecular formula is C25H27N3O3S. The van der Waals surface area contributed by atoms with Crippen molar-refractivity contribution in [3.8, 4) is 0 Å². The molecule has 7 heteroatoms. The molecule has 3 aromatic rings. The first-order valence-corrected chi connectivity index (χ1v) is 12.3. The van der Waals surface area contributed by atoms with E-state index in [2.05, 4.69) is 4.99 Å². The first-order valence-electron chi connectivity index (χ1n) is 10.8. The van der Waals surface area contributed by atoms with Gasteiger partial charge in [-0.2, -0.15) is 9.30 Å². The standard InChI is InChI=1S/C25H27N3O3S/c1-20-13-14-22(32(30,31)28-16-7-3-8-17-28)18-23(20)25(29)26-24-12-6-9-15-27(24)19-21-10-4-2-5-11-21/h2,4-6,9-15,18H,3,7-8,16-17,19H2,1H3. The molecule has 32 heavy (non-hydrogen) atoms. The van der Waals surface area contributed by atoms with E-state index < -0.39 is 15.9 Å². The van der Waals surface area contributed by atoms with Crippen molar-refractivity contribution >= 4 is 15.9 Å². The molecule has 1 aliphatic heterocycles. The summed E-state index contributed by atoms with van der Waals surface area (Å²) in [4.78, 5) is 17.6. The quantitative estimate of drug-likeness (QED) is 0.595. The number of hydrogen-bond donors (Lipinski definition) is 0. The summed E-state index contributed by atoms with van der Waals surface area (Å²) in [7, 11) is -3.62. The third kappa shape index (κ3) is 4.89. The Morgan fingerprint density at radius 2 is 1.66 bits per heavy atom. The Morgan fingerprint density at radius 1 is 0.938 bits per heavy atom. The molecule has 0 unspecified atom stereocenters. The molecule has 0 saturated carbocycles. The second-order valence-electron chi connectivity index (χ2n) is 8.03. The molecule has 0 atom stereocenters. The maximum absolute atomic E-state index is 13.1. The van der Waals surface area contributed by atoms with E-state index in [0.717, 1.165) is 24.8 Å². The average Bonchev–Trinajstić information content (AvgIpc) is 2.81. The highest BCUT2D eigenvalue weighted by Crippen LogP contribution is 2.23. The zero-order chi connectivity index (χ0) is 22.6. The van der Waals surface area contributed by atoms with Crippen LogP contribution in [0.3, 0.4) is 0 Å². The third-order valence-corrected chi connectivity index (χ3v) is 7.62. The van der Waals surface area contributed by atoms with E-state index in [0.29, 0.717) is 36.2 Å². The van der Waals surface area contributed by atoms with E-state index in [1.165, 1.54) is 10.4 Å². The summed E-state index contributed by atoms with van der Waals surface area (Å²) in [5.41, 5.74) is 2.61. The summed E-state index contributed by atoms with van der Waals surface area (Å²) in [6.45, 7) is 3.42. The van der Waals surface area contributed by atoms with Gasteiger partial charge in [-0.25, -0.2) is 8.42 Å². The lowest BCUT2D eigenvalue weighted by Crippen LogP contribution is -2.35. The Kier molecular flexibility index (Phi) is 6.67.